The summed E-state index contributed by atoms with van der Waals surface area (Å²) in [6, 6.07) is 0. The van der Waals surface area contributed by atoms with Crippen molar-refractivity contribution in [2.75, 3.05) is 0 Å². The summed E-state index contributed by atoms with van der Waals surface area (Å²) in [6.07, 6.45) is -0.689. The molecule has 0 N–H and O–H groups in total. The van der Waals surface area contributed by atoms with Crippen molar-refractivity contribution in [3.05, 3.63) is 0 Å². The Hall–Kier alpha value is -0.370. The quantitative estimate of drug-likeness (QED) is 0.432. The number of esters is 2. The van der Waals surface area contributed by atoms with Gasteiger partial charge < -0.3 is 14.2 Å². The van der Waals surface area contributed by atoms with Crippen LogP contribution in [0.15, 0.2) is 0 Å². The molecule has 0 aromatic rings. The minimum Gasteiger partial charge on any atom is -0.458 e. The molecule has 0 bridgehead atoms. The van der Waals surface area contributed by atoms with E-state index in [1.54, 1.807) is 6.92 Å². The first-order valence-corrected chi connectivity index (χ1v) is 6.28. The van der Waals surface area contributed by atoms with Crippen LogP contribution in [0.3, 0.4) is 0 Å². The average molecular weight is 342 g/mol. The summed E-state index contributed by atoms with van der Waals surface area (Å²) in [6.45, 7) is 4.47. The second kappa shape index (κ2) is 5.81. The maximum Gasteiger partial charge on any atom is 0.303 e. The minimum absolute atomic E-state index is 0.0382. The van der Waals surface area contributed by atoms with E-state index in [1.807, 2.05) is 0 Å². The number of halogens is 1. The van der Waals surface area contributed by atoms with Gasteiger partial charge in [0, 0.05) is 20.3 Å². The summed E-state index contributed by atoms with van der Waals surface area (Å²) in [5.74, 6) is -0.774. The lowest BCUT2D eigenvalue weighted by atomic mass is 10.0. The first-order valence-electron chi connectivity index (χ1n) is 5.04. The normalized spacial score (nSPS) is 34.2. The molecule has 1 fully saturated rings. The van der Waals surface area contributed by atoms with Crippen LogP contribution in [0.4, 0.5) is 0 Å². The molecule has 1 unspecified atom stereocenters. The SMILES string of the molecule is CC(=O)O[C@@H]1C(C)O[C@@H](I)C[C@H]1OC(C)=O. The predicted molar refractivity (Wildman–Crippen MR) is 64.1 cm³/mol. The third-order valence-electron chi connectivity index (χ3n) is 2.23. The zero-order valence-corrected chi connectivity index (χ0v) is 11.6. The Bertz CT molecular complexity index is 280. The van der Waals surface area contributed by atoms with Gasteiger partial charge in [-0.15, -0.1) is 0 Å². The highest BCUT2D eigenvalue weighted by Gasteiger charge is 2.39. The molecule has 1 saturated heterocycles. The molecule has 92 valence electrons. The van der Waals surface area contributed by atoms with E-state index in [2.05, 4.69) is 22.6 Å². The summed E-state index contributed by atoms with van der Waals surface area (Å²) in [7, 11) is 0. The van der Waals surface area contributed by atoms with Crippen molar-refractivity contribution in [2.45, 2.75) is 49.6 Å². The number of rotatable bonds is 2. The maximum absolute atomic E-state index is 11.0. The monoisotopic (exact) mass is 342 g/mol. The van der Waals surface area contributed by atoms with Crippen molar-refractivity contribution in [3.63, 3.8) is 0 Å². The summed E-state index contributed by atoms with van der Waals surface area (Å²) >= 11 is 2.12. The van der Waals surface area contributed by atoms with Gasteiger partial charge in [-0.25, -0.2) is 0 Å². The fourth-order valence-electron chi connectivity index (χ4n) is 1.68. The molecule has 1 aliphatic heterocycles. The molecular weight excluding hydrogens is 327 g/mol. The van der Waals surface area contributed by atoms with Gasteiger partial charge in [-0.05, 0) is 6.92 Å². The van der Waals surface area contributed by atoms with E-state index in [0.717, 1.165) is 0 Å². The van der Waals surface area contributed by atoms with Crippen LogP contribution < -0.4 is 0 Å². The second-order valence-corrected chi connectivity index (χ2v) is 5.10. The van der Waals surface area contributed by atoms with Crippen LogP contribution in [-0.2, 0) is 23.8 Å². The summed E-state index contributed by atoms with van der Waals surface area (Å²) < 4.78 is 15.8. The van der Waals surface area contributed by atoms with Crippen molar-refractivity contribution in [1.29, 1.82) is 0 Å². The molecule has 1 heterocycles. The van der Waals surface area contributed by atoms with E-state index in [0.29, 0.717) is 6.42 Å². The van der Waals surface area contributed by atoms with Gasteiger partial charge in [0.05, 0.1) is 6.10 Å². The Morgan fingerprint density at radius 2 is 1.81 bits per heavy atom. The van der Waals surface area contributed by atoms with Crippen molar-refractivity contribution in [3.8, 4) is 0 Å². The Morgan fingerprint density at radius 1 is 1.25 bits per heavy atom. The summed E-state index contributed by atoms with van der Waals surface area (Å²) in [5, 5.41) is 0. The van der Waals surface area contributed by atoms with Gasteiger partial charge >= 0.3 is 11.9 Å². The Labute approximate surface area is 108 Å². The average Bonchev–Trinajstić information content (AvgIpc) is 2.09. The molecule has 0 saturated carbocycles. The van der Waals surface area contributed by atoms with Gasteiger partial charge in [0.15, 0.2) is 6.10 Å². The van der Waals surface area contributed by atoms with Gasteiger partial charge in [0.1, 0.15) is 10.2 Å². The summed E-state index contributed by atoms with van der Waals surface area (Å²) in [4.78, 5) is 21.9. The third kappa shape index (κ3) is 3.89. The van der Waals surface area contributed by atoms with E-state index in [-0.39, 0.29) is 16.2 Å². The molecule has 6 heteroatoms. The lowest BCUT2D eigenvalue weighted by molar-refractivity contribution is -0.192. The van der Waals surface area contributed by atoms with Gasteiger partial charge in [-0.2, -0.15) is 0 Å². The minimum atomic E-state index is -0.521. The number of alkyl halides is 1. The highest BCUT2D eigenvalue weighted by atomic mass is 127. The van der Waals surface area contributed by atoms with Gasteiger partial charge in [-0.1, -0.05) is 22.6 Å². The smallest absolute Gasteiger partial charge is 0.303 e. The van der Waals surface area contributed by atoms with Gasteiger partial charge in [0.25, 0.3) is 0 Å². The highest BCUT2D eigenvalue weighted by molar-refractivity contribution is 14.1. The molecule has 5 nitrogen and oxygen atoms in total. The largest absolute Gasteiger partial charge is 0.458 e. The first kappa shape index (κ1) is 13.7. The number of ether oxygens (including phenoxy) is 3. The van der Waals surface area contributed by atoms with Gasteiger partial charge in [-0.3, -0.25) is 9.59 Å². The molecule has 1 aliphatic rings. The molecule has 4 atom stereocenters. The van der Waals surface area contributed by atoms with Crippen molar-refractivity contribution < 1.29 is 23.8 Å². The number of hydrogen-bond donors (Lipinski definition) is 0. The van der Waals surface area contributed by atoms with E-state index in [9.17, 15) is 9.59 Å². The van der Waals surface area contributed by atoms with E-state index in [1.165, 1.54) is 13.8 Å². The van der Waals surface area contributed by atoms with Crippen molar-refractivity contribution in [1.82, 2.24) is 0 Å². The maximum atomic E-state index is 11.0. The van der Waals surface area contributed by atoms with Crippen LogP contribution in [0.25, 0.3) is 0 Å². The number of carbonyl (C=O) groups excluding carboxylic acids is 2. The highest BCUT2D eigenvalue weighted by Crippen LogP contribution is 2.28. The number of carbonyl (C=O) groups is 2. The molecule has 1 rings (SSSR count). The van der Waals surface area contributed by atoms with Crippen LogP contribution in [0.2, 0.25) is 0 Å². The molecule has 0 aromatic heterocycles. The van der Waals surface area contributed by atoms with E-state index in [4.69, 9.17) is 14.2 Å². The third-order valence-corrected chi connectivity index (χ3v) is 3.03. The van der Waals surface area contributed by atoms with Gasteiger partial charge in [0.2, 0.25) is 0 Å². The first-order chi connectivity index (χ1) is 7.40. The molecule has 0 spiro atoms. The number of hydrogen-bond acceptors (Lipinski definition) is 5. The molecular formula is C10H15IO5. The predicted octanol–water partition coefficient (Wildman–Crippen LogP) is 1.42. The zero-order valence-electron chi connectivity index (χ0n) is 9.44. The van der Waals surface area contributed by atoms with Crippen LogP contribution in [0.1, 0.15) is 27.2 Å². The molecule has 16 heavy (non-hydrogen) atoms. The Morgan fingerprint density at radius 3 is 2.31 bits per heavy atom. The van der Waals surface area contributed by atoms with Crippen molar-refractivity contribution >= 4 is 34.5 Å². The molecule has 0 aliphatic carbocycles. The summed E-state index contributed by atoms with van der Waals surface area (Å²) in [5.41, 5.74) is 0. The van der Waals surface area contributed by atoms with Crippen LogP contribution >= 0.6 is 22.6 Å². The lowest BCUT2D eigenvalue weighted by Gasteiger charge is -2.37. The van der Waals surface area contributed by atoms with Crippen LogP contribution in [0.5, 0.6) is 0 Å². The second-order valence-electron chi connectivity index (χ2n) is 3.71. The Kier molecular flexibility index (Phi) is 4.97. The van der Waals surface area contributed by atoms with Crippen LogP contribution in [-0.4, -0.2) is 34.4 Å². The molecule has 0 amide bonds. The van der Waals surface area contributed by atoms with Crippen LogP contribution in [0, 0.1) is 0 Å². The standard InChI is InChI=1S/C10H15IO5/c1-5-10(16-7(3)13)8(15-6(2)12)4-9(11)14-5/h5,8-10H,4H2,1-3H3/t5?,8-,9-,10-/m1/s1. The topological polar surface area (TPSA) is 61.8 Å². The van der Waals surface area contributed by atoms with E-state index < -0.39 is 18.2 Å². The fourth-order valence-corrected chi connectivity index (χ4v) is 2.64. The van der Waals surface area contributed by atoms with Crippen molar-refractivity contribution in [2.24, 2.45) is 0 Å². The zero-order chi connectivity index (χ0) is 12.3. The fraction of sp³-hybridized carbons (Fsp3) is 0.800. The van der Waals surface area contributed by atoms with E-state index >= 15 is 0 Å². The Balaban J connectivity index is 2.71. The molecule has 0 aromatic carbocycles. The molecule has 0 radical (unpaired) electrons. The lowest BCUT2D eigenvalue weighted by Crippen LogP contribution is -2.49.